The Morgan fingerprint density at radius 2 is 1.90 bits per heavy atom. The molecule has 8 nitrogen and oxygen atoms in total. The monoisotopic (exact) mass is 387 g/mol. The van der Waals surface area contributed by atoms with Gasteiger partial charge in [0, 0.05) is 24.8 Å². The third-order valence-electron chi connectivity index (χ3n) is 4.72. The molecule has 0 spiro atoms. The van der Waals surface area contributed by atoms with Crippen LogP contribution in [0.1, 0.15) is 22.5 Å². The summed E-state index contributed by atoms with van der Waals surface area (Å²) in [6.45, 7) is 0.627. The van der Waals surface area contributed by atoms with Gasteiger partial charge in [-0.15, -0.1) is 5.10 Å². The first-order chi connectivity index (χ1) is 14.2. The lowest BCUT2D eigenvalue weighted by Gasteiger charge is -2.18. The minimum Gasteiger partial charge on any atom is -0.342 e. The minimum absolute atomic E-state index is 0.0642. The van der Waals surface area contributed by atoms with E-state index in [9.17, 15) is 4.79 Å². The van der Waals surface area contributed by atoms with E-state index in [1.807, 2.05) is 48.5 Å². The van der Waals surface area contributed by atoms with Crippen molar-refractivity contribution in [3.63, 3.8) is 0 Å². The highest BCUT2D eigenvalue weighted by atomic mass is 16.2. The van der Waals surface area contributed by atoms with Gasteiger partial charge >= 0.3 is 0 Å². The third-order valence-corrected chi connectivity index (χ3v) is 4.72. The first kappa shape index (κ1) is 18.5. The van der Waals surface area contributed by atoms with E-state index in [-0.39, 0.29) is 5.91 Å². The van der Waals surface area contributed by atoms with E-state index >= 15 is 0 Å². The zero-order valence-corrected chi connectivity index (χ0v) is 16.1. The number of tetrazole rings is 1. The Morgan fingerprint density at radius 1 is 1.10 bits per heavy atom. The second kappa shape index (κ2) is 8.47. The minimum atomic E-state index is -0.0642. The van der Waals surface area contributed by atoms with Gasteiger partial charge in [-0.2, -0.15) is 9.78 Å². The molecule has 0 saturated carbocycles. The molecule has 0 aliphatic heterocycles. The van der Waals surface area contributed by atoms with Crippen LogP contribution in [0, 0.1) is 0 Å². The third kappa shape index (κ3) is 4.21. The van der Waals surface area contributed by atoms with Gasteiger partial charge in [0.05, 0.1) is 16.9 Å². The number of aromatic nitrogens is 6. The summed E-state index contributed by atoms with van der Waals surface area (Å²) in [6, 6.07) is 19.4. The van der Waals surface area contributed by atoms with Gasteiger partial charge < -0.3 is 4.90 Å². The number of benzene rings is 2. The number of carbonyl (C=O) groups is 1. The Kier molecular flexibility index (Phi) is 5.42. The molecule has 0 fully saturated rings. The summed E-state index contributed by atoms with van der Waals surface area (Å²) in [5.74, 6) is -0.0642. The number of aryl methyl sites for hydroxylation is 1. The van der Waals surface area contributed by atoms with Crippen LogP contribution >= 0.6 is 0 Å². The molecule has 0 aliphatic rings. The van der Waals surface area contributed by atoms with E-state index in [0.717, 1.165) is 29.8 Å². The van der Waals surface area contributed by atoms with Crippen molar-refractivity contribution in [2.75, 3.05) is 13.6 Å². The van der Waals surface area contributed by atoms with Gasteiger partial charge in [-0.3, -0.25) is 9.89 Å². The summed E-state index contributed by atoms with van der Waals surface area (Å²) in [7, 11) is 1.81. The van der Waals surface area contributed by atoms with Gasteiger partial charge in [-0.05, 0) is 41.5 Å². The topological polar surface area (TPSA) is 92.6 Å². The molecule has 1 N–H and O–H groups in total. The van der Waals surface area contributed by atoms with Crippen LogP contribution in [0.5, 0.6) is 0 Å². The lowest BCUT2D eigenvalue weighted by Crippen LogP contribution is -2.29. The van der Waals surface area contributed by atoms with Gasteiger partial charge in [0.1, 0.15) is 6.33 Å². The molecule has 0 aliphatic carbocycles. The second-order valence-corrected chi connectivity index (χ2v) is 6.75. The molecule has 1 amide bonds. The summed E-state index contributed by atoms with van der Waals surface area (Å²) in [5.41, 5.74) is 4.30. The number of H-pyrrole nitrogens is 1. The normalized spacial score (nSPS) is 10.8. The molecule has 8 heteroatoms. The zero-order chi connectivity index (χ0) is 20.1. The van der Waals surface area contributed by atoms with Gasteiger partial charge in [0.15, 0.2) is 0 Å². The average molecular weight is 387 g/mol. The van der Waals surface area contributed by atoms with Gasteiger partial charge in [0.25, 0.3) is 5.91 Å². The summed E-state index contributed by atoms with van der Waals surface area (Å²) < 4.78 is 1.50. The first-order valence-corrected chi connectivity index (χ1v) is 9.40. The highest BCUT2D eigenvalue weighted by Gasteiger charge is 2.17. The van der Waals surface area contributed by atoms with Crippen molar-refractivity contribution in [2.45, 2.75) is 12.8 Å². The lowest BCUT2D eigenvalue weighted by molar-refractivity contribution is 0.0793. The fourth-order valence-corrected chi connectivity index (χ4v) is 3.19. The molecule has 4 rings (SSSR count). The standard InChI is InChI=1S/C21H21N7O/c1-27(21(29)18-11-5-6-12-20(18)28-15-22-25-26-28)13-7-10-17-14-19(24-23-17)16-8-3-2-4-9-16/h2-6,8-9,11-12,14-15H,7,10,13H2,1H3,(H,23,24). The van der Waals surface area contributed by atoms with Gasteiger partial charge in [0.2, 0.25) is 0 Å². The van der Waals surface area contributed by atoms with E-state index in [4.69, 9.17) is 0 Å². The Bertz CT molecular complexity index is 1070. The Balaban J connectivity index is 1.37. The molecule has 29 heavy (non-hydrogen) atoms. The summed E-state index contributed by atoms with van der Waals surface area (Å²) in [6.07, 6.45) is 3.12. The predicted molar refractivity (Wildman–Crippen MR) is 108 cm³/mol. The zero-order valence-electron chi connectivity index (χ0n) is 16.1. The number of aromatic amines is 1. The van der Waals surface area contributed by atoms with Crippen molar-refractivity contribution in [3.05, 3.63) is 78.2 Å². The van der Waals surface area contributed by atoms with Crippen LogP contribution in [0.25, 0.3) is 16.9 Å². The predicted octanol–water partition coefficient (Wildman–Crippen LogP) is 2.76. The molecular formula is C21H21N7O. The molecule has 0 saturated heterocycles. The van der Waals surface area contributed by atoms with Crippen molar-refractivity contribution < 1.29 is 4.79 Å². The van der Waals surface area contributed by atoms with Crippen LogP contribution < -0.4 is 0 Å². The number of amides is 1. The van der Waals surface area contributed by atoms with E-state index in [0.29, 0.717) is 17.8 Å². The molecule has 2 heterocycles. The largest absolute Gasteiger partial charge is 0.342 e. The summed E-state index contributed by atoms with van der Waals surface area (Å²) >= 11 is 0. The highest BCUT2D eigenvalue weighted by molar-refractivity contribution is 5.97. The van der Waals surface area contributed by atoms with Crippen molar-refractivity contribution >= 4 is 5.91 Å². The van der Waals surface area contributed by atoms with E-state index in [2.05, 4.69) is 31.8 Å². The summed E-state index contributed by atoms with van der Waals surface area (Å²) in [5, 5.41) is 18.7. The second-order valence-electron chi connectivity index (χ2n) is 6.75. The maximum Gasteiger partial charge on any atom is 0.255 e. The number of para-hydroxylation sites is 1. The van der Waals surface area contributed by atoms with E-state index < -0.39 is 0 Å². The number of hydrogen-bond donors (Lipinski definition) is 1. The fourth-order valence-electron chi connectivity index (χ4n) is 3.19. The van der Waals surface area contributed by atoms with Crippen molar-refractivity contribution in [2.24, 2.45) is 0 Å². The van der Waals surface area contributed by atoms with Crippen LogP contribution in [0.3, 0.4) is 0 Å². The molecule has 0 radical (unpaired) electrons. The number of nitrogens with zero attached hydrogens (tertiary/aromatic N) is 6. The van der Waals surface area contributed by atoms with Crippen LogP contribution in [-0.2, 0) is 6.42 Å². The number of carbonyl (C=O) groups excluding carboxylic acids is 1. The Morgan fingerprint density at radius 3 is 2.69 bits per heavy atom. The lowest BCUT2D eigenvalue weighted by atomic mass is 10.1. The Labute approximate surface area is 168 Å². The number of hydrogen-bond acceptors (Lipinski definition) is 5. The van der Waals surface area contributed by atoms with Crippen molar-refractivity contribution in [1.29, 1.82) is 0 Å². The Hall–Kier alpha value is -3.81. The smallest absolute Gasteiger partial charge is 0.255 e. The van der Waals surface area contributed by atoms with Crippen LogP contribution in [0.15, 0.2) is 67.0 Å². The van der Waals surface area contributed by atoms with Crippen molar-refractivity contribution in [3.8, 4) is 16.9 Å². The number of nitrogens with one attached hydrogen (secondary N) is 1. The highest BCUT2D eigenvalue weighted by Crippen LogP contribution is 2.18. The summed E-state index contributed by atoms with van der Waals surface area (Å²) in [4.78, 5) is 14.6. The maximum atomic E-state index is 12.9. The molecular weight excluding hydrogens is 366 g/mol. The average Bonchev–Trinajstić information content (AvgIpc) is 3.46. The SMILES string of the molecule is CN(CCCc1cc(-c2ccccc2)n[nH]1)C(=O)c1ccccc1-n1cnnn1. The molecule has 2 aromatic carbocycles. The van der Waals surface area contributed by atoms with Crippen LogP contribution in [0.4, 0.5) is 0 Å². The van der Waals surface area contributed by atoms with Gasteiger partial charge in [-0.1, -0.05) is 42.5 Å². The molecule has 4 aromatic rings. The van der Waals surface area contributed by atoms with Gasteiger partial charge in [-0.25, -0.2) is 0 Å². The fraction of sp³-hybridized carbons (Fsp3) is 0.190. The van der Waals surface area contributed by atoms with E-state index in [1.54, 1.807) is 18.0 Å². The van der Waals surface area contributed by atoms with Crippen LogP contribution in [0.2, 0.25) is 0 Å². The molecule has 0 atom stereocenters. The van der Waals surface area contributed by atoms with E-state index in [1.165, 1.54) is 11.0 Å². The molecule has 2 aromatic heterocycles. The maximum absolute atomic E-state index is 12.9. The molecule has 146 valence electrons. The van der Waals surface area contributed by atoms with Crippen molar-refractivity contribution in [1.82, 2.24) is 35.3 Å². The van der Waals surface area contributed by atoms with Crippen LogP contribution in [-0.4, -0.2) is 54.8 Å². The quantitative estimate of drug-likeness (QED) is 0.526. The molecule has 0 unspecified atom stereocenters. The molecule has 0 bridgehead atoms. The first-order valence-electron chi connectivity index (χ1n) is 9.40. The number of rotatable bonds is 7.